The molecular formula is C18H16O9. The molecule has 0 aliphatic heterocycles. The van der Waals surface area contributed by atoms with Gasteiger partial charge in [-0.2, -0.15) is 0 Å². The second-order valence-electron chi connectivity index (χ2n) is 5.49. The van der Waals surface area contributed by atoms with Crippen LogP contribution in [0.2, 0.25) is 0 Å². The van der Waals surface area contributed by atoms with E-state index in [1.807, 2.05) is 0 Å². The molecule has 4 N–H and O–H groups in total. The molecule has 1 heterocycles. The van der Waals surface area contributed by atoms with Crippen LogP contribution in [0.25, 0.3) is 22.3 Å². The SMILES string of the molecule is COc1cc(-c2oc3cc(O)c(O)c(O)c3c(=O)c2O)cc(OC)c1OC. The zero-order chi connectivity index (χ0) is 19.9. The molecule has 27 heavy (non-hydrogen) atoms. The molecule has 9 nitrogen and oxygen atoms in total. The largest absolute Gasteiger partial charge is 0.504 e. The Morgan fingerprint density at radius 1 is 0.815 bits per heavy atom. The van der Waals surface area contributed by atoms with Gasteiger partial charge in [-0.05, 0) is 12.1 Å². The molecule has 0 bridgehead atoms. The van der Waals surface area contributed by atoms with Gasteiger partial charge in [0, 0.05) is 11.6 Å². The normalized spacial score (nSPS) is 10.8. The Hall–Kier alpha value is -3.75. The molecule has 2 aromatic carbocycles. The molecule has 1 aromatic heterocycles. The molecule has 0 saturated heterocycles. The second-order valence-corrected chi connectivity index (χ2v) is 5.49. The number of ether oxygens (including phenoxy) is 3. The lowest BCUT2D eigenvalue weighted by molar-refractivity contribution is 0.324. The van der Waals surface area contributed by atoms with Gasteiger partial charge in [0.2, 0.25) is 22.7 Å². The number of fused-ring (bicyclic) bond motifs is 1. The summed E-state index contributed by atoms with van der Waals surface area (Å²) in [6.45, 7) is 0. The fourth-order valence-corrected chi connectivity index (χ4v) is 2.71. The lowest BCUT2D eigenvalue weighted by atomic mass is 10.1. The monoisotopic (exact) mass is 376 g/mol. The van der Waals surface area contributed by atoms with E-state index in [1.54, 1.807) is 0 Å². The Labute approximate surface area is 152 Å². The fourth-order valence-electron chi connectivity index (χ4n) is 2.71. The number of rotatable bonds is 4. The molecule has 0 amide bonds. The lowest BCUT2D eigenvalue weighted by Crippen LogP contribution is -2.03. The summed E-state index contributed by atoms with van der Waals surface area (Å²) in [5.41, 5.74) is -1.02. The van der Waals surface area contributed by atoms with Gasteiger partial charge >= 0.3 is 0 Å². The Morgan fingerprint density at radius 2 is 1.41 bits per heavy atom. The highest BCUT2D eigenvalue weighted by molar-refractivity contribution is 5.91. The highest BCUT2D eigenvalue weighted by Gasteiger charge is 2.24. The van der Waals surface area contributed by atoms with Crippen molar-refractivity contribution in [3.05, 3.63) is 28.4 Å². The maximum absolute atomic E-state index is 12.5. The number of benzene rings is 2. The minimum Gasteiger partial charge on any atom is -0.504 e. The number of hydrogen-bond acceptors (Lipinski definition) is 9. The topological polar surface area (TPSA) is 139 Å². The first-order valence-corrected chi connectivity index (χ1v) is 7.58. The van der Waals surface area contributed by atoms with Gasteiger partial charge in [0.05, 0.1) is 21.3 Å². The van der Waals surface area contributed by atoms with Gasteiger partial charge in [-0.3, -0.25) is 4.79 Å². The van der Waals surface area contributed by atoms with Crippen molar-refractivity contribution >= 4 is 11.0 Å². The van der Waals surface area contributed by atoms with Crippen LogP contribution in [0.5, 0.6) is 40.2 Å². The quantitative estimate of drug-likeness (QED) is 0.505. The van der Waals surface area contributed by atoms with Crippen LogP contribution in [-0.2, 0) is 0 Å². The molecule has 0 saturated carbocycles. The van der Waals surface area contributed by atoms with E-state index in [-0.39, 0.29) is 28.4 Å². The first kappa shape index (κ1) is 18.1. The minimum atomic E-state index is -0.993. The van der Waals surface area contributed by atoms with Crippen molar-refractivity contribution in [1.29, 1.82) is 0 Å². The van der Waals surface area contributed by atoms with Crippen molar-refractivity contribution in [2.45, 2.75) is 0 Å². The van der Waals surface area contributed by atoms with Crippen molar-refractivity contribution in [3.63, 3.8) is 0 Å². The Morgan fingerprint density at radius 3 is 1.93 bits per heavy atom. The van der Waals surface area contributed by atoms with Crippen molar-refractivity contribution < 1.29 is 39.1 Å². The van der Waals surface area contributed by atoms with Crippen molar-refractivity contribution in [1.82, 2.24) is 0 Å². The van der Waals surface area contributed by atoms with Crippen LogP contribution in [-0.4, -0.2) is 41.8 Å². The molecule has 142 valence electrons. The average molecular weight is 376 g/mol. The molecule has 0 fully saturated rings. The van der Waals surface area contributed by atoms with E-state index in [1.165, 1.54) is 33.5 Å². The van der Waals surface area contributed by atoms with Gasteiger partial charge in [0.15, 0.2) is 28.8 Å². The van der Waals surface area contributed by atoms with Crippen LogP contribution in [0.3, 0.4) is 0 Å². The van der Waals surface area contributed by atoms with Gasteiger partial charge in [-0.1, -0.05) is 0 Å². The van der Waals surface area contributed by atoms with Crippen LogP contribution in [0.4, 0.5) is 0 Å². The summed E-state index contributed by atoms with van der Waals surface area (Å²) >= 11 is 0. The van der Waals surface area contributed by atoms with Crippen LogP contribution >= 0.6 is 0 Å². The van der Waals surface area contributed by atoms with Crippen LogP contribution < -0.4 is 19.6 Å². The van der Waals surface area contributed by atoms with Gasteiger partial charge in [0.1, 0.15) is 11.0 Å². The molecular weight excluding hydrogens is 360 g/mol. The third-order valence-electron chi connectivity index (χ3n) is 4.01. The van der Waals surface area contributed by atoms with E-state index >= 15 is 0 Å². The third-order valence-corrected chi connectivity index (χ3v) is 4.01. The highest BCUT2D eigenvalue weighted by atomic mass is 16.5. The average Bonchev–Trinajstić information content (AvgIpc) is 2.67. The summed E-state index contributed by atoms with van der Waals surface area (Å²) in [7, 11) is 4.22. The molecule has 9 heteroatoms. The van der Waals surface area contributed by atoms with Crippen molar-refractivity contribution in [2.75, 3.05) is 21.3 Å². The van der Waals surface area contributed by atoms with E-state index in [0.717, 1.165) is 6.07 Å². The summed E-state index contributed by atoms with van der Waals surface area (Å²) in [4.78, 5) is 12.5. The Kier molecular flexibility index (Phi) is 4.36. The van der Waals surface area contributed by atoms with E-state index in [4.69, 9.17) is 18.6 Å². The second kappa shape index (κ2) is 6.52. The van der Waals surface area contributed by atoms with Gasteiger partial charge in [-0.15, -0.1) is 0 Å². The molecule has 0 spiro atoms. The first-order valence-electron chi connectivity index (χ1n) is 7.58. The summed E-state index contributed by atoms with van der Waals surface area (Å²) in [5.74, 6) is -2.74. The summed E-state index contributed by atoms with van der Waals surface area (Å²) in [6.07, 6.45) is 0. The fraction of sp³-hybridized carbons (Fsp3) is 0.167. The first-order chi connectivity index (χ1) is 12.8. The number of aromatic hydroxyl groups is 4. The van der Waals surface area contributed by atoms with E-state index in [9.17, 15) is 25.2 Å². The van der Waals surface area contributed by atoms with Crippen molar-refractivity contribution in [2.24, 2.45) is 0 Å². The zero-order valence-corrected chi connectivity index (χ0v) is 14.6. The summed E-state index contributed by atoms with van der Waals surface area (Å²) in [5, 5.41) is 39.0. The van der Waals surface area contributed by atoms with Crippen molar-refractivity contribution in [3.8, 4) is 51.6 Å². The number of hydrogen-bond donors (Lipinski definition) is 4. The van der Waals surface area contributed by atoms with Crippen LogP contribution in [0.1, 0.15) is 0 Å². The predicted octanol–water partition coefficient (Wildman–Crippen LogP) is 2.31. The minimum absolute atomic E-state index is 0.216. The van der Waals surface area contributed by atoms with E-state index in [0.29, 0.717) is 5.75 Å². The molecule has 0 radical (unpaired) electrons. The molecule has 0 atom stereocenters. The van der Waals surface area contributed by atoms with Gasteiger partial charge < -0.3 is 39.1 Å². The maximum Gasteiger partial charge on any atom is 0.238 e. The number of methoxy groups -OCH3 is 3. The molecule has 0 aliphatic rings. The van der Waals surface area contributed by atoms with E-state index in [2.05, 4.69) is 0 Å². The zero-order valence-electron chi connectivity index (χ0n) is 14.6. The highest BCUT2D eigenvalue weighted by Crippen LogP contribution is 2.45. The van der Waals surface area contributed by atoms with Crippen LogP contribution in [0, 0.1) is 0 Å². The van der Waals surface area contributed by atoms with Gasteiger partial charge in [-0.25, -0.2) is 0 Å². The predicted molar refractivity (Wildman–Crippen MR) is 94.2 cm³/mol. The summed E-state index contributed by atoms with van der Waals surface area (Å²) < 4.78 is 21.2. The number of phenols is 3. The Bertz CT molecular complexity index is 1070. The van der Waals surface area contributed by atoms with Crippen LogP contribution in [0.15, 0.2) is 27.4 Å². The standard InChI is InChI=1S/C18H16O9/c1-24-10-4-7(5-11(25-2)18(10)26-3)17-16(23)15(22)12-9(27-17)6-8(19)13(20)14(12)21/h4-6,19-21,23H,1-3H3. The third kappa shape index (κ3) is 2.69. The molecule has 3 rings (SSSR count). The lowest BCUT2D eigenvalue weighted by Gasteiger charge is -2.14. The molecule has 0 aliphatic carbocycles. The molecule has 0 unspecified atom stereocenters. The number of phenolic OH excluding ortho intramolecular Hbond substituents is 3. The molecule has 3 aromatic rings. The van der Waals surface area contributed by atoms with Gasteiger partial charge in [0.25, 0.3) is 0 Å². The Balaban J connectivity index is 2.38. The smallest absolute Gasteiger partial charge is 0.238 e. The summed E-state index contributed by atoms with van der Waals surface area (Å²) in [6, 6.07) is 3.85. The van der Waals surface area contributed by atoms with E-state index < -0.39 is 33.8 Å². The maximum atomic E-state index is 12.5.